The number of benzene rings is 2. The van der Waals surface area contributed by atoms with Gasteiger partial charge in [0.05, 0.1) is 6.04 Å². The van der Waals surface area contributed by atoms with E-state index in [1.807, 2.05) is 11.0 Å². The normalized spacial score (nSPS) is 22.5. The lowest BCUT2D eigenvalue weighted by atomic mass is 9.84. The van der Waals surface area contributed by atoms with Crippen molar-refractivity contribution in [3.63, 3.8) is 0 Å². The number of carbonyl (C=O) groups excluding carboxylic acids is 1. The average molecular weight is 386 g/mol. The van der Waals surface area contributed by atoms with Gasteiger partial charge in [-0.15, -0.1) is 6.58 Å². The van der Waals surface area contributed by atoms with Crippen LogP contribution in [0.4, 0.5) is 4.79 Å². The predicted molar refractivity (Wildman–Crippen MR) is 116 cm³/mol. The van der Waals surface area contributed by atoms with Gasteiger partial charge in [-0.2, -0.15) is 0 Å². The molecule has 3 heteroatoms. The number of amides is 1. The third kappa shape index (κ3) is 3.19. The zero-order valence-corrected chi connectivity index (χ0v) is 16.7. The minimum Gasteiger partial charge on any atom is -0.448 e. The van der Waals surface area contributed by atoms with Gasteiger partial charge in [0.25, 0.3) is 0 Å². The summed E-state index contributed by atoms with van der Waals surface area (Å²) in [5.74, 6) is 0.114. The molecule has 2 aromatic rings. The number of hydrogen-bond acceptors (Lipinski definition) is 2. The molecule has 29 heavy (non-hydrogen) atoms. The fourth-order valence-corrected chi connectivity index (χ4v) is 5.41. The number of fused-ring (bicyclic) bond motifs is 5. The number of carbonyl (C=O) groups is 1. The van der Waals surface area contributed by atoms with Crippen LogP contribution in [0.3, 0.4) is 0 Å². The lowest BCUT2D eigenvalue weighted by Gasteiger charge is -2.44. The van der Waals surface area contributed by atoms with Crippen molar-refractivity contribution >= 4 is 6.09 Å². The molecule has 2 unspecified atom stereocenters. The van der Waals surface area contributed by atoms with Crippen molar-refractivity contribution in [1.29, 1.82) is 0 Å². The molecule has 1 amide bonds. The first-order chi connectivity index (χ1) is 14.3. The lowest BCUT2D eigenvalue weighted by Crippen LogP contribution is -2.52. The molecular formula is C26H27NO2. The molecule has 0 aromatic heterocycles. The van der Waals surface area contributed by atoms with Crippen LogP contribution >= 0.6 is 0 Å². The minimum atomic E-state index is -0.157. The quantitative estimate of drug-likeness (QED) is 0.598. The number of rotatable bonds is 4. The Morgan fingerprint density at radius 3 is 2.41 bits per heavy atom. The molecule has 1 aliphatic carbocycles. The topological polar surface area (TPSA) is 29.5 Å². The number of hydrogen-bond donors (Lipinski definition) is 0. The maximum absolute atomic E-state index is 13.1. The van der Waals surface area contributed by atoms with Gasteiger partial charge in [0, 0.05) is 12.0 Å². The third-order valence-corrected chi connectivity index (χ3v) is 6.67. The molecule has 0 N–H and O–H groups in total. The highest BCUT2D eigenvalue weighted by molar-refractivity contribution is 5.79. The Morgan fingerprint density at radius 2 is 1.76 bits per heavy atom. The fourth-order valence-electron chi connectivity index (χ4n) is 5.41. The number of ether oxygens (including phenoxy) is 1. The van der Waals surface area contributed by atoms with Crippen molar-refractivity contribution in [2.24, 2.45) is 0 Å². The molecule has 0 saturated carbocycles. The van der Waals surface area contributed by atoms with E-state index in [2.05, 4.69) is 61.2 Å². The van der Waals surface area contributed by atoms with Gasteiger partial charge in [0.2, 0.25) is 0 Å². The van der Waals surface area contributed by atoms with Crippen LogP contribution in [-0.2, 0) is 4.74 Å². The van der Waals surface area contributed by atoms with Crippen LogP contribution in [0.2, 0.25) is 0 Å². The number of nitrogens with zero attached hydrogens (tertiary/aromatic N) is 1. The van der Waals surface area contributed by atoms with E-state index in [1.165, 1.54) is 34.2 Å². The molecule has 148 valence electrons. The maximum Gasteiger partial charge on any atom is 0.410 e. The molecule has 2 heterocycles. The first-order valence-electron chi connectivity index (χ1n) is 10.7. The summed E-state index contributed by atoms with van der Waals surface area (Å²) in [6, 6.07) is 17.4. The zero-order valence-electron chi connectivity index (χ0n) is 16.7. The maximum atomic E-state index is 13.1. The first-order valence-corrected chi connectivity index (χ1v) is 10.7. The summed E-state index contributed by atoms with van der Waals surface area (Å²) in [6.07, 6.45) is 9.23. The molecular weight excluding hydrogens is 358 g/mol. The minimum absolute atomic E-state index is 0.114. The van der Waals surface area contributed by atoms with Crippen molar-refractivity contribution < 1.29 is 9.53 Å². The highest BCUT2D eigenvalue weighted by atomic mass is 16.6. The van der Waals surface area contributed by atoms with Gasteiger partial charge in [-0.1, -0.05) is 66.3 Å². The molecule has 2 aliphatic heterocycles. The van der Waals surface area contributed by atoms with Gasteiger partial charge in [-0.25, -0.2) is 4.79 Å². The Balaban J connectivity index is 1.34. The van der Waals surface area contributed by atoms with Crippen molar-refractivity contribution in [2.75, 3.05) is 6.61 Å². The second kappa shape index (κ2) is 7.55. The SMILES string of the molecule is C=CCC1=CC2CCCC(C1)N2C(=O)OCC1c2ccccc2-c2ccccc21. The van der Waals surface area contributed by atoms with E-state index in [4.69, 9.17) is 4.74 Å². The van der Waals surface area contributed by atoms with Gasteiger partial charge >= 0.3 is 6.09 Å². The molecule has 1 saturated heterocycles. The Labute approximate surface area is 172 Å². The fraction of sp³-hybridized carbons (Fsp3) is 0.346. The van der Waals surface area contributed by atoms with E-state index >= 15 is 0 Å². The molecule has 2 bridgehead atoms. The monoisotopic (exact) mass is 385 g/mol. The molecule has 3 nitrogen and oxygen atoms in total. The van der Waals surface area contributed by atoms with Gasteiger partial charge in [-0.3, -0.25) is 4.90 Å². The van der Waals surface area contributed by atoms with E-state index < -0.39 is 0 Å². The Morgan fingerprint density at radius 1 is 1.07 bits per heavy atom. The third-order valence-electron chi connectivity index (χ3n) is 6.67. The zero-order chi connectivity index (χ0) is 19.8. The van der Waals surface area contributed by atoms with Crippen LogP contribution in [0, 0.1) is 0 Å². The summed E-state index contributed by atoms with van der Waals surface area (Å²) in [7, 11) is 0. The lowest BCUT2D eigenvalue weighted by molar-refractivity contribution is 0.0509. The molecule has 3 aliphatic rings. The molecule has 2 aromatic carbocycles. The number of allylic oxidation sites excluding steroid dienone is 1. The molecule has 2 atom stereocenters. The van der Waals surface area contributed by atoms with E-state index in [-0.39, 0.29) is 24.1 Å². The largest absolute Gasteiger partial charge is 0.448 e. The van der Waals surface area contributed by atoms with E-state index in [9.17, 15) is 4.79 Å². The van der Waals surface area contributed by atoms with Gasteiger partial charge in [0.15, 0.2) is 0 Å². The van der Waals surface area contributed by atoms with Crippen LogP contribution in [0.1, 0.15) is 49.1 Å². The summed E-state index contributed by atoms with van der Waals surface area (Å²) >= 11 is 0. The van der Waals surface area contributed by atoms with Crippen LogP contribution in [0.25, 0.3) is 11.1 Å². The second-order valence-electron chi connectivity index (χ2n) is 8.39. The number of piperidine rings is 1. The molecule has 0 radical (unpaired) electrons. The summed E-state index contributed by atoms with van der Waals surface area (Å²) in [6.45, 7) is 4.26. The van der Waals surface area contributed by atoms with Gasteiger partial charge in [0.1, 0.15) is 6.61 Å². The van der Waals surface area contributed by atoms with E-state index in [0.29, 0.717) is 6.61 Å². The summed E-state index contributed by atoms with van der Waals surface area (Å²) < 4.78 is 5.95. The smallest absolute Gasteiger partial charge is 0.410 e. The van der Waals surface area contributed by atoms with Crippen molar-refractivity contribution in [3.05, 3.63) is 84.0 Å². The van der Waals surface area contributed by atoms with E-state index in [0.717, 1.165) is 25.7 Å². The van der Waals surface area contributed by atoms with Gasteiger partial charge < -0.3 is 4.74 Å². The molecule has 1 fully saturated rings. The summed E-state index contributed by atoms with van der Waals surface area (Å²) in [5, 5.41) is 0. The van der Waals surface area contributed by atoms with Crippen LogP contribution < -0.4 is 0 Å². The Kier molecular flexibility index (Phi) is 4.75. The molecule has 0 spiro atoms. The Hall–Kier alpha value is -2.81. The van der Waals surface area contributed by atoms with Crippen molar-refractivity contribution in [3.8, 4) is 11.1 Å². The van der Waals surface area contributed by atoms with Crippen LogP contribution in [-0.4, -0.2) is 29.7 Å². The van der Waals surface area contributed by atoms with E-state index in [1.54, 1.807) is 0 Å². The van der Waals surface area contributed by atoms with Crippen molar-refractivity contribution in [2.45, 2.75) is 50.1 Å². The predicted octanol–water partition coefficient (Wildman–Crippen LogP) is 6.06. The Bertz CT molecular complexity index is 931. The summed E-state index contributed by atoms with van der Waals surface area (Å²) in [4.78, 5) is 15.1. The average Bonchev–Trinajstić information content (AvgIpc) is 3.05. The highest BCUT2D eigenvalue weighted by Crippen LogP contribution is 2.44. The first kappa shape index (κ1) is 18.2. The standard InChI is InChI=1S/C26H27NO2/c1-2-8-18-15-19-9-7-10-20(16-18)27(19)26(28)29-17-25-23-13-5-3-11-21(23)22-12-4-6-14-24(22)25/h2-6,11-15,19-20,25H,1,7-10,16-17H2. The molecule has 5 rings (SSSR count). The van der Waals surface area contributed by atoms with Gasteiger partial charge in [-0.05, 0) is 54.4 Å². The van der Waals surface area contributed by atoms with Crippen LogP contribution in [0.5, 0.6) is 0 Å². The summed E-state index contributed by atoms with van der Waals surface area (Å²) in [5.41, 5.74) is 6.45. The van der Waals surface area contributed by atoms with Crippen LogP contribution in [0.15, 0.2) is 72.8 Å². The second-order valence-corrected chi connectivity index (χ2v) is 8.39. The highest BCUT2D eigenvalue weighted by Gasteiger charge is 2.38. The van der Waals surface area contributed by atoms with Crippen molar-refractivity contribution in [1.82, 2.24) is 4.90 Å².